The van der Waals surface area contributed by atoms with Crippen molar-refractivity contribution >= 4 is 29.9 Å². The minimum absolute atomic E-state index is 0. The van der Waals surface area contributed by atoms with Gasteiger partial charge in [0, 0.05) is 32.2 Å². The number of aliphatic imine (C=N–C) groups is 1. The Hall–Kier alpha value is -0.860. The summed E-state index contributed by atoms with van der Waals surface area (Å²) in [7, 11) is 0. The number of guanidine groups is 1. The molecule has 0 aliphatic carbocycles. The second-order valence-corrected chi connectivity index (χ2v) is 6.31. The van der Waals surface area contributed by atoms with E-state index < -0.39 is 0 Å². The van der Waals surface area contributed by atoms with Crippen molar-refractivity contribution < 1.29 is 4.74 Å². The van der Waals surface area contributed by atoms with Crippen molar-refractivity contribution in [3.05, 3.63) is 35.4 Å². The predicted octanol–water partition coefficient (Wildman–Crippen LogP) is 2.99. The van der Waals surface area contributed by atoms with E-state index in [1.807, 2.05) is 0 Å². The molecule has 0 bridgehead atoms. The van der Waals surface area contributed by atoms with Crippen LogP contribution in [0.3, 0.4) is 0 Å². The summed E-state index contributed by atoms with van der Waals surface area (Å²) in [5, 5.41) is 6.78. The molecular formula is C19H33IN4O. The molecule has 1 aliphatic rings. The van der Waals surface area contributed by atoms with E-state index in [4.69, 9.17) is 9.73 Å². The number of morpholine rings is 1. The smallest absolute Gasteiger partial charge is 0.191 e. The third-order valence-electron chi connectivity index (χ3n) is 4.36. The lowest BCUT2D eigenvalue weighted by molar-refractivity contribution is 0.0341. The number of rotatable bonds is 7. The summed E-state index contributed by atoms with van der Waals surface area (Å²) < 4.78 is 5.44. The Bertz CT molecular complexity index is 518. The molecular weight excluding hydrogens is 427 g/mol. The highest BCUT2D eigenvalue weighted by atomic mass is 127. The van der Waals surface area contributed by atoms with Gasteiger partial charge < -0.3 is 15.4 Å². The van der Waals surface area contributed by atoms with E-state index in [9.17, 15) is 0 Å². The molecule has 142 valence electrons. The quantitative estimate of drug-likeness (QED) is 0.373. The maximum atomic E-state index is 5.44. The first-order valence-corrected chi connectivity index (χ1v) is 9.14. The summed E-state index contributed by atoms with van der Waals surface area (Å²) in [4.78, 5) is 7.23. The largest absolute Gasteiger partial charge is 0.379 e. The number of nitrogens with zero attached hydrogens (tertiary/aromatic N) is 2. The maximum absolute atomic E-state index is 5.44. The third kappa shape index (κ3) is 7.92. The van der Waals surface area contributed by atoms with Crippen LogP contribution >= 0.6 is 24.0 Å². The van der Waals surface area contributed by atoms with Gasteiger partial charge in [-0.05, 0) is 31.4 Å². The van der Waals surface area contributed by atoms with Gasteiger partial charge >= 0.3 is 0 Å². The van der Waals surface area contributed by atoms with Crippen molar-refractivity contribution in [3.8, 4) is 0 Å². The van der Waals surface area contributed by atoms with Gasteiger partial charge in [0.2, 0.25) is 0 Å². The van der Waals surface area contributed by atoms with Crippen LogP contribution in [-0.2, 0) is 17.8 Å². The fourth-order valence-electron chi connectivity index (χ4n) is 2.69. The lowest BCUT2D eigenvalue weighted by Gasteiger charge is -2.27. The Morgan fingerprint density at radius 2 is 1.88 bits per heavy atom. The van der Waals surface area contributed by atoms with Gasteiger partial charge in [0.05, 0.1) is 19.8 Å². The molecule has 1 heterocycles. The van der Waals surface area contributed by atoms with Crippen LogP contribution in [0.1, 0.15) is 38.3 Å². The van der Waals surface area contributed by atoms with Crippen LogP contribution < -0.4 is 10.6 Å². The first kappa shape index (κ1) is 22.2. The topological polar surface area (TPSA) is 48.9 Å². The Morgan fingerprint density at radius 3 is 2.52 bits per heavy atom. The van der Waals surface area contributed by atoms with Gasteiger partial charge in [-0.2, -0.15) is 0 Å². The minimum atomic E-state index is 0. The van der Waals surface area contributed by atoms with Crippen LogP contribution in [0, 0.1) is 0 Å². The predicted molar refractivity (Wildman–Crippen MR) is 116 cm³/mol. The van der Waals surface area contributed by atoms with Crippen molar-refractivity contribution in [2.75, 3.05) is 32.8 Å². The minimum Gasteiger partial charge on any atom is -0.379 e. The molecule has 0 radical (unpaired) electrons. The van der Waals surface area contributed by atoms with Crippen LogP contribution in [0.4, 0.5) is 0 Å². The highest BCUT2D eigenvalue weighted by molar-refractivity contribution is 14.0. The maximum Gasteiger partial charge on any atom is 0.191 e. The molecule has 25 heavy (non-hydrogen) atoms. The molecule has 1 unspecified atom stereocenters. The molecule has 1 saturated heterocycles. The summed E-state index contributed by atoms with van der Waals surface area (Å²) >= 11 is 0. The average molecular weight is 460 g/mol. The normalized spacial score (nSPS) is 16.8. The van der Waals surface area contributed by atoms with E-state index in [0.29, 0.717) is 12.6 Å². The van der Waals surface area contributed by atoms with E-state index in [0.717, 1.165) is 51.8 Å². The molecule has 1 aromatic carbocycles. The number of hydrogen-bond acceptors (Lipinski definition) is 3. The standard InChI is InChI=1S/C19H32N4O.HI/c1-4-16(3)22-19(20-5-2)21-14-17-8-6-7-9-18(17)15-23-10-12-24-13-11-23;/h6-9,16H,4-5,10-15H2,1-3H3,(H2,20,21,22);1H. The van der Waals surface area contributed by atoms with Gasteiger partial charge in [-0.1, -0.05) is 31.2 Å². The van der Waals surface area contributed by atoms with Crippen molar-refractivity contribution in [2.24, 2.45) is 4.99 Å². The van der Waals surface area contributed by atoms with Crippen molar-refractivity contribution in [1.29, 1.82) is 0 Å². The second-order valence-electron chi connectivity index (χ2n) is 6.31. The summed E-state index contributed by atoms with van der Waals surface area (Å²) in [6.07, 6.45) is 1.08. The van der Waals surface area contributed by atoms with E-state index in [1.54, 1.807) is 0 Å². The summed E-state index contributed by atoms with van der Waals surface area (Å²) in [6, 6.07) is 9.04. The van der Waals surface area contributed by atoms with Crippen molar-refractivity contribution in [1.82, 2.24) is 15.5 Å². The Labute approximate surface area is 169 Å². The molecule has 1 aliphatic heterocycles. The molecule has 2 rings (SSSR count). The molecule has 1 fully saturated rings. The molecule has 0 aromatic heterocycles. The van der Waals surface area contributed by atoms with Gasteiger partial charge in [0.25, 0.3) is 0 Å². The average Bonchev–Trinajstić information content (AvgIpc) is 2.61. The van der Waals surface area contributed by atoms with Gasteiger partial charge in [-0.15, -0.1) is 24.0 Å². The molecule has 0 amide bonds. The zero-order valence-electron chi connectivity index (χ0n) is 15.8. The molecule has 2 N–H and O–H groups in total. The number of nitrogens with one attached hydrogen (secondary N) is 2. The number of halogens is 1. The monoisotopic (exact) mass is 460 g/mol. The van der Waals surface area contributed by atoms with E-state index in [2.05, 4.69) is 60.6 Å². The second kappa shape index (κ2) is 12.5. The molecule has 0 spiro atoms. The van der Waals surface area contributed by atoms with E-state index in [-0.39, 0.29) is 24.0 Å². The first-order valence-electron chi connectivity index (χ1n) is 9.14. The number of benzene rings is 1. The molecule has 5 nitrogen and oxygen atoms in total. The molecule has 6 heteroatoms. The SMILES string of the molecule is CCNC(=NCc1ccccc1CN1CCOCC1)NC(C)CC.I. The number of hydrogen-bond donors (Lipinski definition) is 2. The third-order valence-corrected chi connectivity index (χ3v) is 4.36. The van der Waals surface area contributed by atoms with Gasteiger partial charge in [0.15, 0.2) is 5.96 Å². The van der Waals surface area contributed by atoms with Crippen LogP contribution in [0.5, 0.6) is 0 Å². The van der Waals surface area contributed by atoms with Crippen molar-refractivity contribution in [2.45, 2.75) is 46.3 Å². The molecule has 1 atom stereocenters. The van der Waals surface area contributed by atoms with Gasteiger partial charge in [0.1, 0.15) is 0 Å². The fraction of sp³-hybridized carbons (Fsp3) is 0.632. The Kier molecular flexibility index (Phi) is 11.1. The van der Waals surface area contributed by atoms with Crippen LogP contribution in [0.15, 0.2) is 29.3 Å². The zero-order chi connectivity index (χ0) is 17.2. The summed E-state index contributed by atoms with van der Waals surface area (Å²) in [5.41, 5.74) is 2.66. The highest BCUT2D eigenvalue weighted by Gasteiger charge is 2.12. The van der Waals surface area contributed by atoms with Gasteiger partial charge in [-0.3, -0.25) is 4.90 Å². The zero-order valence-corrected chi connectivity index (χ0v) is 18.1. The molecule has 1 aromatic rings. The highest BCUT2D eigenvalue weighted by Crippen LogP contribution is 2.14. The van der Waals surface area contributed by atoms with E-state index >= 15 is 0 Å². The Balaban J connectivity index is 0.00000312. The summed E-state index contributed by atoms with van der Waals surface area (Å²) in [6.45, 7) is 12.7. The number of ether oxygens (including phenoxy) is 1. The lowest BCUT2D eigenvalue weighted by Crippen LogP contribution is -2.42. The fourth-order valence-corrected chi connectivity index (χ4v) is 2.69. The van der Waals surface area contributed by atoms with Crippen molar-refractivity contribution in [3.63, 3.8) is 0 Å². The van der Waals surface area contributed by atoms with Crippen LogP contribution in [0.2, 0.25) is 0 Å². The lowest BCUT2D eigenvalue weighted by atomic mass is 10.1. The van der Waals surface area contributed by atoms with Crippen LogP contribution in [-0.4, -0.2) is 49.7 Å². The molecule has 0 saturated carbocycles. The van der Waals surface area contributed by atoms with Crippen LogP contribution in [0.25, 0.3) is 0 Å². The van der Waals surface area contributed by atoms with Gasteiger partial charge in [-0.25, -0.2) is 4.99 Å². The summed E-state index contributed by atoms with van der Waals surface area (Å²) in [5.74, 6) is 0.896. The first-order chi connectivity index (χ1) is 11.7. The van der Waals surface area contributed by atoms with E-state index in [1.165, 1.54) is 11.1 Å². The Morgan fingerprint density at radius 1 is 1.20 bits per heavy atom.